The van der Waals surface area contributed by atoms with Crippen LogP contribution in [0.2, 0.25) is 0 Å². The highest BCUT2D eigenvalue weighted by Gasteiger charge is 2.16. The van der Waals surface area contributed by atoms with Crippen molar-refractivity contribution in [2.75, 3.05) is 27.8 Å². The first-order valence-electron chi connectivity index (χ1n) is 8.40. The first-order valence-corrected chi connectivity index (χ1v) is 9.84. The van der Waals surface area contributed by atoms with E-state index >= 15 is 0 Å². The van der Waals surface area contributed by atoms with E-state index in [1.165, 1.54) is 18.4 Å². The molecule has 0 heterocycles. The van der Waals surface area contributed by atoms with Crippen molar-refractivity contribution in [2.24, 2.45) is 0 Å². The van der Waals surface area contributed by atoms with Crippen LogP contribution in [0.4, 0.5) is 0 Å². The maximum absolute atomic E-state index is 12.1. The molecule has 2 aromatic carbocycles. The van der Waals surface area contributed by atoms with Crippen LogP contribution in [0.25, 0.3) is 0 Å². The van der Waals surface area contributed by atoms with Gasteiger partial charge in [0.1, 0.15) is 0 Å². The van der Waals surface area contributed by atoms with Gasteiger partial charge in [-0.2, -0.15) is 0 Å². The van der Waals surface area contributed by atoms with E-state index in [1.54, 1.807) is 19.2 Å². The first kappa shape index (κ1) is 20.2. The maximum atomic E-state index is 12.1. The highest BCUT2D eigenvalue weighted by atomic mass is 32.2. The smallest absolute Gasteiger partial charge is 0.242 e. The Morgan fingerprint density at radius 2 is 1.58 bits per heavy atom. The summed E-state index contributed by atoms with van der Waals surface area (Å²) in [6.07, 6.45) is 0. The van der Waals surface area contributed by atoms with Crippen molar-refractivity contribution < 1.29 is 17.9 Å². The summed E-state index contributed by atoms with van der Waals surface area (Å²) in [7, 11) is 1.28. The van der Waals surface area contributed by atoms with E-state index in [0.29, 0.717) is 30.3 Å². The number of nitrogens with zero attached hydrogens (tertiary/aromatic N) is 1. The lowest BCUT2D eigenvalue weighted by Crippen LogP contribution is -2.22. The predicted molar refractivity (Wildman–Crippen MR) is 102 cm³/mol. The third-order valence-corrected chi connectivity index (χ3v) is 5.72. The normalized spacial score (nSPS) is 11.6. The van der Waals surface area contributed by atoms with Crippen LogP contribution in [0.15, 0.2) is 47.4 Å². The molecule has 0 saturated heterocycles. The summed E-state index contributed by atoms with van der Waals surface area (Å²) in [5.41, 5.74) is 2.10. The van der Waals surface area contributed by atoms with E-state index < -0.39 is 10.0 Å². The highest BCUT2D eigenvalue weighted by Crippen LogP contribution is 2.28. The first-order chi connectivity index (χ1) is 12.4. The Morgan fingerprint density at radius 1 is 0.962 bits per heavy atom. The zero-order valence-corrected chi connectivity index (χ0v) is 16.5. The fourth-order valence-electron chi connectivity index (χ4n) is 2.44. The van der Waals surface area contributed by atoms with E-state index in [0.717, 1.165) is 16.9 Å². The van der Waals surface area contributed by atoms with Crippen molar-refractivity contribution in [1.29, 1.82) is 0 Å². The van der Waals surface area contributed by atoms with Gasteiger partial charge in [-0.1, -0.05) is 18.2 Å². The number of hydrogen-bond donors (Lipinski definition) is 1. The fourth-order valence-corrected chi connectivity index (χ4v) is 3.34. The molecule has 0 atom stereocenters. The zero-order valence-electron chi connectivity index (χ0n) is 15.7. The van der Waals surface area contributed by atoms with Crippen LogP contribution in [-0.4, -0.2) is 40.5 Å². The van der Waals surface area contributed by atoms with E-state index in [9.17, 15) is 8.42 Å². The van der Waals surface area contributed by atoms with Gasteiger partial charge in [0.05, 0.1) is 18.6 Å². The van der Waals surface area contributed by atoms with Crippen LogP contribution in [0.5, 0.6) is 11.5 Å². The summed E-state index contributed by atoms with van der Waals surface area (Å²) >= 11 is 0. The molecule has 0 aliphatic carbocycles. The maximum Gasteiger partial charge on any atom is 0.242 e. The summed E-state index contributed by atoms with van der Waals surface area (Å²) in [5.74, 6) is 1.45. The van der Waals surface area contributed by atoms with Crippen LogP contribution in [0.1, 0.15) is 18.1 Å². The average Bonchev–Trinajstić information content (AvgIpc) is 2.62. The number of ether oxygens (including phenoxy) is 2. The quantitative estimate of drug-likeness (QED) is 0.727. The number of hydrogen-bond acceptors (Lipinski definition) is 5. The monoisotopic (exact) mass is 378 g/mol. The molecule has 1 N–H and O–H groups in total. The third-order valence-electron chi connectivity index (χ3n) is 3.89. The fraction of sp³-hybridized carbons (Fsp3) is 0.368. The van der Waals surface area contributed by atoms with Crippen molar-refractivity contribution in [2.45, 2.75) is 24.9 Å². The highest BCUT2D eigenvalue weighted by molar-refractivity contribution is 7.89. The lowest BCUT2D eigenvalue weighted by molar-refractivity contribution is 0.310. The number of methoxy groups -OCH3 is 1. The molecule has 0 aromatic heterocycles. The Morgan fingerprint density at radius 3 is 2.15 bits per heavy atom. The minimum absolute atomic E-state index is 0.294. The van der Waals surface area contributed by atoms with Crippen LogP contribution in [-0.2, 0) is 23.1 Å². The van der Waals surface area contributed by atoms with Gasteiger partial charge in [-0.3, -0.25) is 0 Å². The predicted octanol–water partition coefficient (Wildman–Crippen LogP) is 2.63. The molecule has 6 nitrogen and oxygen atoms in total. The minimum Gasteiger partial charge on any atom is -0.493 e. The van der Waals surface area contributed by atoms with Crippen LogP contribution < -0.4 is 14.8 Å². The molecule has 0 aliphatic rings. The molecule has 0 radical (unpaired) electrons. The molecule has 142 valence electrons. The molecule has 7 heteroatoms. The van der Waals surface area contributed by atoms with E-state index in [-0.39, 0.29) is 0 Å². The molecule has 0 spiro atoms. The second-order valence-electron chi connectivity index (χ2n) is 5.95. The Hall–Kier alpha value is -2.09. The Labute approximate surface area is 155 Å². The Bertz CT molecular complexity index is 818. The van der Waals surface area contributed by atoms with Crippen LogP contribution >= 0.6 is 0 Å². The molecule has 0 unspecified atom stereocenters. The lowest BCUT2D eigenvalue weighted by Gasteiger charge is -2.13. The van der Waals surface area contributed by atoms with Gasteiger partial charge in [-0.05, 0) is 42.3 Å². The van der Waals surface area contributed by atoms with Gasteiger partial charge in [0.2, 0.25) is 10.0 Å². The lowest BCUT2D eigenvalue weighted by atomic mass is 10.2. The molecule has 0 saturated carbocycles. The average molecular weight is 378 g/mol. The number of sulfonamides is 1. The molecular formula is C19H26N2O4S. The zero-order chi connectivity index (χ0) is 19.2. The number of nitrogens with one attached hydrogen (secondary N) is 1. The molecule has 0 aliphatic heterocycles. The van der Waals surface area contributed by atoms with Crippen LogP contribution in [0.3, 0.4) is 0 Å². The van der Waals surface area contributed by atoms with Crippen molar-refractivity contribution in [3.8, 4) is 11.5 Å². The number of benzene rings is 2. The summed E-state index contributed by atoms with van der Waals surface area (Å²) in [4.78, 5) is 0.294. The van der Waals surface area contributed by atoms with E-state index in [4.69, 9.17) is 9.47 Å². The van der Waals surface area contributed by atoms with E-state index in [2.05, 4.69) is 5.32 Å². The largest absolute Gasteiger partial charge is 0.493 e. The molecule has 0 fully saturated rings. The Kier molecular flexibility index (Phi) is 7.02. The third kappa shape index (κ3) is 4.97. The molecule has 26 heavy (non-hydrogen) atoms. The summed E-state index contributed by atoms with van der Waals surface area (Å²) < 4.78 is 36.2. The van der Waals surface area contributed by atoms with Gasteiger partial charge in [0.15, 0.2) is 11.5 Å². The van der Waals surface area contributed by atoms with Gasteiger partial charge in [0, 0.05) is 27.2 Å². The molecular weight excluding hydrogens is 352 g/mol. The topological polar surface area (TPSA) is 67.9 Å². The molecule has 2 aromatic rings. The van der Waals surface area contributed by atoms with Gasteiger partial charge >= 0.3 is 0 Å². The minimum atomic E-state index is -3.39. The van der Waals surface area contributed by atoms with Crippen molar-refractivity contribution >= 4 is 10.0 Å². The van der Waals surface area contributed by atoms with Crippen molar-refractivity contribution in [3.05, 3.63) is 53.6 Å². The molecule has 0 bridgehead atoms. The van der Waals surface area contributed by atoms with Crippen molar-refractivity contribution in [1.82, 2.24) is 9.62 Å². The Balaban J connectivity index is 1.97. The van der Waals surface area contributed by atoms with Crippen LogP contribution in [0, 0.1) is 0 Å². The van der Waals surface area contributed by atoms with Gasteiger partial charge in [-0.15, -0.1) is 0 Å². The second-order valence-corrected chi connectivity index (χ2v) is 8.10. The SMILES string of the molecule is CCOc1cc(CNCc2ccc(S(=O)(=O)N(C)C)cc2)ccc1OC. The molecule has 0 amide bonds. The molecule has 2 rings (SSSR count). The summed E-state index contributed by atoms with van der Waals surface area (Å²) in [5, 5.41) is 3.35. The van der Waals surface area contributed by atoms with E-state index in [1.807, 2.05) is 37.3 Å². The van der Waals surface area contributed by atoms with Crippen molar-refractivity contribution in [3.63, 3.8) is 0 Å². The summed E-state index contributed by atoms with van der Waals surface area (Å²) in [6.45, 7) is 3.82. The summed E-state index contributed by atoms with van der Waals surface area (Å²) in [6, 6.07) is 12.7. The van der Waals surface area contributed by atoms with Gasteiger partial charge < -0.3 is 14.8 Å². The second kappa shape index (κ2) is 9.02. The number of rotatable bonds is 9. The standard InChI is InChI=1S/C19H26N2O4S/c1-5-25-19-12-16(8-11-18(19)24-4)14-20-13-15-6-9-17(10-7-15)26(22,23)21(2)3/h6-12,20H,5,13-14H2,1-4H3. The van der Waals surface area contributed by atoms with Gasteiger partial charge in [-0.25, -0.2) is 12.7 Å². The van der Waals surface area contributed by atoms with Gasteiger partial charge in [0.25, 0.3) is 0 Å².